The van der Waals surface area contributed by atoms with E-state index in [9.17, 15) is 0 Å². The standard InChI is InChI=1S/C47H34N2O/c1-31-45(37-26-24-36(25-27-37)35-22-20-34(21-23-35)32-12-5-2-6-13-32)48-47(38-16-9-4-10-17-38)49-46(31)41-18-11-19-42-44(41)40-29-28-39(30-43(40)50-42)33-14-7-3-8-15-33/h2-30,45H,1H3,(H,48,49). The molecule has 1 N–H and O–H groups in total. The fourth-order valence-electron chi connectivity index (χ4n) is 7.15. The molecule has 0 aliphatic carbocycles. The number of nitrogens with zero attached hydrogens (tertiary/aromatic N) is 1. The molecule has 0 amide bonds. The Morgan fingerprint density at radius 1 is 0.480 bits per heavy atom. The smallest absolute Gasteiger partial charge is 0.136 e. The highest BCUT2D eigenvalue weighted by atomic mass is 16.3. The van der Waals surface area contributed by atoms with E-state index in [1.807, 2.05) is 12.1 Å². The summed E-state index contributed by atoms with van der Waals surface area (Å²) in [5.41, 5.74) is 14.3. The number of hydrogen-bond acceptors (Lipinski definition) is 3. The second kappa shape index (κ2) is 12.5. The summed E-state index contributed by atoms with van der Waals surface area (Å²) in [4.78, 5) is 5.32. The van der Waals surface area contributed by atoms with Crippen molar-refractivity contribution in [2.75, 3.05) is 0 Å². The van der Waals surface area contributed by atoms with Crippen molar-refractivity contribution >= 4 is 33.5 Å². The van der Waals surface area contributed by atoms with Gasteiger partial charge in [0.1, 0.15) is 17.0 Å². The highest BCUT2D eigenvalue weighted by molar-refractivity contribution is 6.13. The Morgan fingerprint density at radius 2 is 1.00 bits per heavy atom. The van der Waals surface area contributed by atoms with E-state index < -0.39 is 0 Å². The molecular formula is C47H34N2O. The lowest BCUT2D eigenvalue weighted by atomic mass is 9.91. The molecule has 0 saturated carbocycles. The molecule has 1 aliphatic heterocycles. The summed E-state index contributed by atoms with van der Waals surface area (Å²) >= 11 is 0. The van der Waals surface area contributed by atoms with Gasteiger partial charge in [-0.25, -0.2) is 4.99 Å². The summed E-state index contributed by atoms with van der Waals surface area (Å²) in [6.45, 7) is 2.20. The SMILES string of the molecule is CC1=C(c2cccc3oc4cc(-c5ccccc5)ccc4c23)N=C(c2ccccc2)NC1c1ccc(-c2ccc(-c3ccccc3)cc2)cc1. The summed E-state index contributed by atoms with van der Waals surface area (Å²) in [7, 11) is 0. The summed E-state index contributed by atoms with van der Waals surface area (Å²) in [6, 6.07) is 61.9. The van der Waals surface area contributed by atoms with Crippen molar-refractivity contribution in [1.29, 1.82) is 0 Å². The van der Waals surface area contributed by atoms with Crippen LogP contribution in [0.25, 0.3) is 61.0 Å². The van der Waals surface area contributed by atoms with Crippen LogP contribution in [-0.2, 0) is 0 Å². The zero-order valence-electron chi connectivity index (χ0n) is 27.7. The average molecular weight is 643 g/mol. The van der Waals surface area contributed by atoms with Crippen LogP contribution in [0.4, 0.5) is 0 Å². The molecule has 9 rings (SSSR count). The normalized spacial score (nSPS) is 14.5. The highest BCUT2D eigenvalue weighted by Crippen LogP contribution is 2.41. The van der Waals surface area contributed by atoms with Gasteiger partial charge in [0.15, 0.2) is 0 Å². The number of amidine groups is 1. The molecule has 8 aromatic rings. The highest BCUT2D eigenvalue weighted by Gasteiger charge is 2.27. The van der Waals surface area contributed by atoms with Gasteiger partial charge in [-0.3, -0.25) is 0 Å². The van der Waals surface area contributed by atoms with Gasteiger partial charge in [-0.15, -0.1) is 0 Å². The van der Waals surface area contributed by atoms with E-state index in [1.54, 1.807) is 0 Å². The molecule has 0 bridgehead atoms. The largest absolute Gasteiger partial charge is 0.456 e. The van der Waals surface area contributed by atoms with E-state index in [2.05, 4.69) is 176 Å². The van der Waals surface area contributed by atoms with Crippen LogP contribution in [-0.4, -0.2) is 5.84 Å². The summed E-state index contributed by atoms with van der Waals surface area (Å²) in [6.07, 6.45) is 0. The second-order valence-electron chi connectivity index (χ2n) is 12.9. The lowest BCUT2D eigenvalue weighted by Gasteiger charge is -2.29. The number of aliphatic imine (C=N–C) groups is 1. The molecule has 7 aromatic carbocycles. The molecule has 0 fully saturated rings. The van der Waals surface area contributed by atoms with E-state index in [0.29, 0.717) is 0 Å². The zero-order valence-corrected chi connectivity index (χ0v) is 27.7. The Labute approximate surface area is 291 Å². The van der Waals surface area contributed by atoms with Crippen LogP contribution in [0.1, 0.15) is 29.7 Å². The van der Waals surface area contributed by atoms with Crippen molar-refractivity contribution in [3.05, 3.63) is 198 Å². The maximum absolute atomic E-state index is 6.51. The average Bonchev–Trinajstić information content (AvgIpc) is 3.58. The maximum atomic E-state index is 6.51. The summed E-state index contributed by atoms with van der Waals surface area (Å²) < 4.78 is 6.51. The van der Waals surface area contributed by atoms with E-state index in [0.717, 1.165) is 55.7 Å². The monoisotopic (exact) mass is 642 g/mol. The van der Waals surface area contributed by atoms with Gasteiger partial charge in [-0.2, -0.15) is 0 Å². The Morgan fingerprint density at radius 3 is 1.62 bits per heavy atom. The number of nitrogens with one attached hydrogen (secondary N) is 1. The Balaban J connectivity index is 1.12. The first-order valence-corrected chi connectivity index (χ1v) is 17.1. The fraction of sp³-hybridized carbons (Fsp3) is 0.0426. The first kappa shape index (κ1) is 29.7. The second-order valence-corrected chi connectivity index (χ2v) is 12.9. The van der Waals surface area contributed by atoms with Crippen molar-refractivity contribution in [2.24, 2.45) is 4.99 Å². The Hall–Kier alpha value is -6.45. The minimum Gasteiger partial charge on any atom is -0.456 e. The van der Waals surface area contributed by atoms with Gasteiger partial charge in [0.2, 0.25) is 0 Å². The molecule has 0 radical (unpaired) electrons. The van der Waals surface area contributed by atoms with Gasteiger partial charge >= 0.3 is 0 Å². The minimum atomic E-state index is -0.0645. The van der Waals surface area contributed by atoms with Crippen LogP contribution in [0, 0.1) is 0 Å². The van der Waals surface area contributed by atoms with Gasteiger partial charge in [-0.1, -0.05) is 158 Å². The molecule has 0 spiro atoms. The summed E-state index contributed by atoms with van der Waals surface area (Å²) in [5.74, 6) is 0.855. The van der Waals surface area contributed by atoms with Crippen LogP contribution in [0.15, 0.2) is 191 Å². The van der Waals surface area contributed by atoms with Crippen LogP contribution < -0.4 is 5.32 Å². The predicted octanol–water partition coefficient (Wildman–Crippen LogP) is 12.1. The minimum absolute atomic E-state index is 0.0645. The van der Waals surface area contributed by atoms with Crippen LogP contribution in [0.3, 0.4) is 0 Å². The molecule has 1 aliphatic rings. The summed E-state index contributed by atoms with van der Waals surface area (Å²) in [5, 5.41) is 5.97. The fourth-order valence-corrected chi connectivity index (χ4v) is 7.15. The van der Waals surface area contributed by atoms with Crippen LogP contribution >= 0.6 is 0 Å². The molecule has 3 heteroatoms. The molecule has 3 nitrogen and oxygen atoms in total. The molecule has 1 unspecified atom stereocenters. The predicted molar refractivity (Wildman–Crippen MR) is 208 cm³/mol. The molecule has 50 heavy (non-hydrogen) atoms. The Bertz CT molecular complexity index is 2530. The van der Waals surface area contributed by atoms with E-state index in [-0.39, 0.29) is 6.04 Å². The first-order chi connectivity index (χ1) is 24.7. The van der Waals surface area contributed by atoms with Crippen molar-refractivity contribution in [3.8, 4) is 33.4 Å². The topological polar surface area (TPSA) is 37.5 Å². The first-order valence-electron chi connectivity index (χ1n) is 17.1. The van der Waals surface area contributed by atoms with E-state index in [1.165, 1.54) is 33.4 Å². The van der Waals surface area contributed by atoms with Gasteiger partial charge in [0, 0.05) is 21.9 Å². The van der Waals surface area contributed by atoms with Crippen LogP contribution in [0.2, 0.25) is 0 Å². The molecule has 2 heterocycles. The number of benzene rings is 7. The van der Waals surface area contributed by atoms with Crippen molar-refractivity contribution < 1.29 is 4.42 Å². The molecule has 238 valence electrons. The third-order valence-electron chi connectivity index (χ3n) is 9.79. The molecule has 1 aromatic heterocycles. The van der Waals surface area contributed by atoms with Crippen molar-refractivity contribution in [3.63, 3.8) is 0 Å². The molecule has 1 atom stereocenters. The molecule has 0 saturated heterocycles. The number of rotatable bonds is 6. The van der Waals surface area contributed by atoms with Crippen molar-refractivity contribution in [2.45, 2.75) is 13.0 Å². The van der Waals surface area contributed by atoms with Crippen LogP contribution in [0.5, 0.6) is 0 Å². The molecular weight excluding hydrogens is 609 g/mol. The van der Waals surface area contributed by atoms with Gasteiger partial charge in [0.25, 0.3) is 0 Å². The van der Waals surface area contributed by atoms with Gasteiger partial charge in [0.05, 0.1) is 11.7 Å². The van der Waals surface area contributed by atoms with Crippen molar-refractivity contribution in [1.82, 2.24) is 5.32 Å². The number of fused-ring (bicyclic) bond motifs is 3. The third kappa shape index (κ3) is 5.39. The van der Waals surface area contributed by atoms with E-state index >= 15 is 0 Å². The number of furan rings is 1. The quantitative estimate of drug-likeness (QED) is 0.196. The lowest BCUT2D eigenvalue weighted by molar-refractivity contribution is 0.669. The van der Waals surface area contributed by atoms with Gasteiger partial charge in [-0.05, 0) is 69.6 Å². The Kier molecular flexibility index (Phi) is 7.44. The van der Waals surface area contributed by atoms with Gasteiger partial charge < -0.3 is 9.73 Å². The maximum Gasteiger partial charge on any atom is 0.136 e. The number of hydrogen-bond donors (Lipinski definition) is 1. The lowest BCUT2D eigenvalue weighted by Crippen LogP contribution is -2.33. The third-order valence-corrected chi connectivity index (χ3v) is 9.79. The zero-order chi connectivity index (χ0) is 33.4. The van der Waals surface area contributed by atoms with E-state index in [4.69, 9.17) is 9.41 Å².